The molecule has 0 radical (unpaired) electrons. The monoisotopic (exact) mass is 421 g/mol. The van der Waals surface area contributed by atoms with Gasteiger partial charge in [0.05, 0.1) is 11.1 Å². The van der Waals surface area contributed by atoms with E-state index in [2.05, 4.69) is 23.2 Å². The van der Waals surface area contributed by atoms with Crippen LogP contribution in [0, 0.1) is 22.7 Å². The van der Waals surface area contributed by atoms with E-state index in [1.807, 2.05) is 33.2 Å². The summed E-state index contributed by atoms with van der Waals surface area (Å²) in [5, 5.41) is 29.1. The zero-order valence-electron chi connectivity index (χ0n) is 17.3. The highest BCUT2D eigenvalue weighted by atomic mass is 32.2. The topological polar surface area (TPSA) is 104 Å². The van der Waals surface area contributed by atoms with E-state index >= 15 is 0 Å². The minimum Gasteiger partial charge on any atom is -0.465 e. The number of aromatic nitrogens is 1. The first-order valence-electron chi connectivity index (χ1n) is 9.65. The highest BCUT2D eigenvalue weighted by molar-refractivity contribution is 7.98. The van der Waals surface area contributed by atoms with Crippen molar-refractivity contribution in [1.29, 1.82) is 10.5 Å². The molecular formula is C22H23N5O2S. The summed E-state index contributed by atoms with van der Waals surface area (Å²) in [6.45, 7) is 2.86. The predicted octanol–water partition coefficient (Wildman–Crippen LogP) is 3.78. The maximum atomic E-state index is 11.2. The first kappa shape index (κ1) is 21.5. The second-order valence-electron chi connectivity index (χ2n) is 7.29. The lowest BCUT2D eigenvalue weighted by molar-refractivity contribution is 0.140. The van der Waals surface area contributed by atoms with E-state index in [4.69, 9.17) is 0 Å². The van der Waals surface area contributed by atoms with Crippen LogP contribution in [-0.4, -0.2) is 41.7 Å². The number of pyridine rings is 1. The third kappa shape index (κ3) is 4.19. The number of fused-ring (bicyclic) bond motifs is 1. The number of amides is 1. The van der Waals surface area contributed by atoms with Crippen LogP contribution in [0.1, 0.15) is 40.3 Å². The molecule has 0 fully saturated rings. The Morgan fingerprint density at radius 2 is 2.00 bits per heavy atom. The average Bonchev–Trinajstić information content (AvgIpc) is 2.75. The zero-order valence-corrected chi connectivity index (χ0v) is 18.1. The summed E-state index contributed by atoms with van der Waals surface area (Å²) in [5.74, 6) is 1.22. The minimum atomic E-state index is -0.889. The summed E-state index contributed by atoms with van der Waals surface area (Å²) < 4.78 is 0. The Bertz CT molecular complexity index is 1070. The van der Waals surface area contributed by atoms with E-state index < -0.39 is 6.09 Å². The third-order valence-corrected chi connectivity index (χ3v) is 6.22. The van der Waals surface area contributed by atoms with Crippen LogP contribution in [0.4, 0.5) is 10.6 Å². The second kappa shape index (κ2) is 9.06. The summed E-state index contributed by atoms with van der Waals surface area (Å²) in [6.07, 6.45) is 0.394. The van der Waals surface area contributed by atoms with Crippen molar-refractivity contribution in [3.8, 4) is 12.1 Å². The molecule has 1 aromatic heterocycles. The molecule has 0 aliphatic carbocycles. The lowest BCUT2D eigenvalue weighted by Gasteiger charge is -2.26. The van der Waals surface area contributed by atoms with Crippen LogP contribution in [0.3, 0.4) is 0 Å². The largest absolute Gasteiger partial charge is 0.465 e. The molecule has 0 saturated carbocycles. The number of hydrogen-bond donors (Lipinski definition) is 1. The highest BCUT2D eigenvalue weighted by Crippen LogP contribution is 2.33. The van der Waals surface area contributed by atoms with Gasteiger partial charge in [0.2, 0.25) is 0 Å². The maximum Gasteiger partial charge on any atom is 0.407 e. The molecule has 1 aliphatic rings. The van der Waals surface area contributed by atoms with Gasteiger partial charge in [0.1, 0.15) is 23.0 Å². The number of carbonyl (C=O) groups is 1. The van der Waals surface area contributed by atoms with E-state index in [0.29, 0.717) is 53.7 Å². The van der Waals surface area contributed by atoms with E-state index in [9.17, 15) is 20.4 Å². The molecule has 2 aromatic rings. The average molecular weight is 422 g/mol. The fourth-order valence-electron chi connectivity index (χ4n) is 3.62. The normalized spacial score (nSPS) is 12.6. The predicted molar refractivity (Wildman–Crippen MR) is 116 cm³/mol. The van der Waals surface area contributed by atoms with Gasteiger partial charge in [-0.3, -0.25) is 0 Å². The van der Waals surface area contributed by atoms with Gasteiger partial charge in [-0.2, -0.15) is 10.5 Å². The Morgan fingerprint density at radius 3 is 2.60 bits per heavy atom. The van der Waals surface area contributed by atoms with Crippen molar-refractivity contribution in [2.45, 2.75) is 37.1 Å². The molecular weight excluding hydrogens is 398 g/mol. The Balaban J connectivity index is 1.88. The van der Waals surface area contributed by atoms with Crippen LogP contribution < -0.4 is 4.90 Å². The number of nitriles is 2. The molecule has 0 bridgehead atoms. The third-order valence-electron chi connectivity index (χ3n) is 5.18. The Kier molecular flexibility index (Phi) is 6.49. The SMILES string of the molecule is CCc1c(C#N)c(SCc2ccc3c(c2)CCN(C(=O)O)C3)nc(N(C)C)c1C#N. The number of rotatable bonds is 5. The Morgan fingerprint density at radius 1 is 1.27 bits per heavy atom. The van der Waals surface area contributed by atoms with Gasteiger partial charge in [0.15, 0.2) is 0 Å². The smallest absolute Gasteiger partial charge is 0.407 e. The van der Waals surface area contributed by atoms with Gasteiger partial charge in [-0.05, 0) is 35.1 Å². The van der Waals surface area contributed by atoms with E-state index in [-0.39, 0.29) is 0 Å². The molecule has 1 aliphatic heterocycles. The fourth-order valence-corrected chi connectivity index (χ4v) is 4.57. The molecule has 2 heterocycles. The van der Waals surface area contributed by atoms with Crippen LogP contribution in [0.15, 0.2) is 23.2 Å². The standard InChI is InChI=1S/C22H23N5O2S/c1-4-17-18(10-23)20(26(2)3)25-21(19(17)11-24)30-13-14-5-6-16-12-27(22(28)29)8-7-15(16)9-14/h5-6,9H,4,7-8,12-13H2,1-3H3,(H,28,29). The molecule has 0 atom stereocenters. The summed E-state index contributed by atoms with van der Waals surface area (Å²) >= 11 is 1.49. The van der Waals surface area contributed by atoms with E-state index in [1.165, 1.54) is 22.2 Å². The number of hydrogen-bond acceptors (Lipinski definition) is 6. The van der Waals surface area contributed by atoms with Gasteiger partial charge in [-0.1, -0.05) is 25.1 Å². The van der Waals surface area contributed by atoms with Crippen LogP contribution >= 0.6 is 11.8 Å². The summed E-state index contributed by atoms with van der Waals surface area (Å²) in [4.78, 5) is 19.0. The van der Waals surface area contributed by atoms with Crippen LogP contribution in [0.2, 0.25) is 0 Å². The quantitative estimate of drug-likeness (QED) is 0.733. The van der Waals surface area contributed by atoms with Crippen LogP contribution in [0.25, 0.3) is 0 Å². The van der Waals surface area contributed by atoms with Crippen molar-refractivity contribution in [3.63, 3.8) is 0 Å². The van der Waals surface area contributed by atoms with Crippen molar-refractivity contribution >= 4 is 23.7 Å². The van der Waals surface area contributed by atoms with Gasteiger partial charge >= 0.3 is 6.09 Å². The maximum absolute atomic E-state index is 11.2. The number of thioether (sulfide) groups is 1. The van der Waals surface area contributed by atoms with Crippen molar-refractivity contribution in [1.82, 2.24) is 9.88 Å². The van der Waals surface area contributed by atoms with Crippen molar-refractivity contribution in [3.05, 3.63) is 51.6 Å². The lowest BCUT2D eigenvalue weighted by atomic mass is 9.98. The Labute approximate surface area is 180 Å². The van der Waals surface area contributed by atoms with E-state index in [0.717, 1.165) is 16.7 Å². The first-order chi connectivity index (χ1) is 14.4. The molecule has 0 unspecified atom stereocenters. The minimum absolute atomic E-state index is 0.417. The van der Waals surface area contributed by atoms with Gasteiger partial charge in [0, 0.05) is 32.9 Å². The van der Waals surface area contributed by atoms with Gasteiger partial charge < -0.3 is 14.9 Å². The first-order valence-corrected chi connectivity index (χ1v) is 10.6. The molecule has 1 amide bonds. The number of benzene rings is 1. The highest BCUT2D eigenvalue weighted by Gasteiger charge is 2.22. The number of nitrogens with zero attached hydrogens (tertiary/aromatic N) is 5. The number of carboxylic acid groups (broad SMARTS) is 1. The molecule has 0 spiro atoms. The van der Waals surface area contributed by atoms with Gasteiger partial charge in [-0.25, -0.2) is 9.78 Å². The molecule has 8 heteroatoms. The van der Waals surface area contributed by atoms with Crippen LogP contribution in [0.5, 0.6) is 0 Å². The fraction of sp³-hybridized carbons (Fsp3) is 0.364. The van der Waals surface area contributed by atoms with Crippen LogP contribution in [-0.2, 0) is 25.1 Å². The summed E-state index contributed by atoms with van der Waals surface area (Å²) in [5.41, 5.74) is 4.97. The molecule has 7 nitrogen and oxygen atoms in total. The summed E-state index contributed by atoms with van der Waals surface area (Å²) in [6, 6.07) is 10.6. The molecule has 154 valence electrons. The lowest BCUT2D eigenvalue weighted by Crippen LogP contribution is -2.34. The second-order valence-corrected chi connectivity index (χ2v) is 8.25. The van der Waals surface area contributed by atoms with Gasteiger partial charge in [0.25, 0.3) is 0 Å². The molecule has 0 saturated heterocycles. The van der Waals surface area contributed by atoms with E-state index in [1.54, 1.807) is 4.90 Å². The van der Waals surface area contributed by atoms with Crippen molar-refractivity contribution < 1.29 is 9.90 Å². The summed E-state index contributed by atoms with van der Waals surface area (Å²) in [7, 11) is 3.68. The van der Waals surface area contributed by atoms with Gasteiger partial charge in [-0.15, -0.1) is 11.8 Å². The van der Waals surface area contributed by atoms with Crippen molar-refractivity contribution in [2.24, 2.45) is 0 Å². The molecule has 3 rings (SSSR count). The number of anilines is 1. The molecule has 1 N–H and O–H groups in total. The molecule has 1 aromatic carbocycles. The Hall–Kier alpha value is -3.23. The van der Waals surface area contributed by atoms with Crippen molar-refractivity contribution in [2.75, 3.05) is 25.5 Å². The molecule has 30 heavy (non-hydrogen) atoms. The zero-order chi connectivity index (χ0) is 21.8.